The number of aliphatic hydroxyl groups is 1. The summed E-state index contributed by atoms with van der Waals surface area (Å²) in [4.78, 5) is 11.5. The van der Waals surface area contributed by atoms with Crippen LogP contribution in [-0.4, -0.2) is 31.3 Å². The Bertz CT molecular complexity index is 406. The monoisotopic (exact) mass is 305 g/mol. The normalized spacial score (nSPS) is 12.2. The van der Waals surface area contributed by atoms with E-state index >= 15 is 0 Å². The molecule has 1 atom stereocenters. The van der Waals surface area contributed by atoms with E-state index in [9.17, 15) is 9.90 Å². The number of rotatable bonds is 7. The van der Waals surface area contributed by atoms with Gasteiger partial charge in [0.15, 0.2) is 0 Å². The molecule has 2 N–H and O–H groups in total. The lowest BCUT2D eigenvalue weighted by Gasteiger charge is -2.15. The van der Waals surface area contributed by atoms with E-state index in [0.717, 1.165) is 0 Å². The maximum atomic E-state index is 11.5. The Morgan fingerprint density at radius 3 is 2.63 bits per heavy atom. The minimum absolute atomic E-state index is 0.0786. The van der Waals surface area contributed by atoms with Gasteiger partial charge in [-0.1, -0.05) is 29.3 Å². The smallest absolute Gasteiger partial charge is 0.220 e. The number of hydrogen-bond acceptors (Lipinski definition) is 3. The Hall–Kier alpha value is -0.810. The van der Waals surface area contributed by atoms with Crippen LogP contribution >= 0.6 is 23.2 Å². The Morgan fingerprint density at radius 1 is 1.42 bits per heavy atom. The van der Waals surface area contributed by atoms with Crippen molar-refractivity contribution in [3.8, 4) is 0 Å². The van der Waals surface area contributed by atoms with Crippen LogP contribution < -0.4 is 5.32 Å². The molecule has 6 heteroatoms. The predicted octanol–water partition coefficient (Wildman–Crippen LogP) is 2.57. The van der Waals surface area contributed by atoms with Gasteiger partial charge in [0.2, 0.25) is 5.91 Å². The van der Waals surface area contributed by atoms with Gasteiger partial charge < -0.3 is 15.2 Å². The van der Waals surface area contributed by atoms with Gasteiger partial charge in [-0.25, -0.2) is 0 Å². The van der Waals surface area contributed by atoms with E-state index in [1.165, 1.54) is 0 Å². The van der Waals surface area contributed by atoms with Gasteiger partial charge in [0.25, 0.3) is 0 Å². The fourth-order valence-corrected chi connectivity index (χ4v) is 2.26. The van der Waals surface area contributed by atoms with Crippen molar-refractivity contribution in [2.75, 3.05) is 20.3 Å². The molecule has 1 aromatic rings. The first-order valence-corrected chi connectivity index (χ1v) is 6.69. The molecule has 1 rings (SSSR count). The van der Waals surface area contributed by atoms with Crippen LogP contribution in [0, 0.1) is 0 Å². The summed E-state index contributed by atoms with van der Waals surface area (Å²) < 4.78 is 4.85. The Kier molecular flexibility index (Phi) is 7.16. The fraction of sp³-hybridized carbons (Fsp3) is 0.462. The number of nitrogens with one attached hydrogen (secondary N) is 1. The lowest BCUT2D eigenvalue weighted by molar-refractivity contribution is -0.121. The maximum absolute atomic E-state index is 11.5. The van der Waals surface area contributed by atoms with E-state index < -0.39 is 6.10 Å². The number of benzene rings is 1. The summed E-state index contributed by atoms with van der Waals surface area (Å²) in [7, 11) is 1.58. The van der Waals surface area contributed by atoms with Crippen LogP contribution in [0.4, 0.5) is 0 Å². The predicted molar refractivity (Wildman–Crippen MR) is 75.5 cm³/mol. The fourth-order valence-electron chi connectivity index (χ4n) is 1.61. The first-order chi connectivity index (χ1) is 9.06. The molecule has 0 bridgehead atoms. The summed E-state index contributed by atoms with van der Waals surface area (Å²) in [5.74, 6) is -0.140. The summed E-state index contributed by atoms with van der Waals surface area (Å²) in [5, 5.41) is 13.4. The number of halogens is 2. The molecule has 106 valence electrons. The Balaban J connectivity index is 2.47. The molecule has 19 heavy (non-hydrogen) atoms. The van der Waals surface area contributed by atoms with Crippen LogP contribution in [0.15, 0.2) is 18.2 Å². The molecule has 1 aromatic carbocycles. The highest BCUT2D eigenvalue weighted by Crippen LogP contribution is 2.29. The average molecular weight is 306 g/mol. The van der Waals surface area contributed by atoms with Gasteiger partial charge in [-0.3, -0.25) is 4.79 Å². The highest BCUT2D eigenvalue weighted by atomic mass is 35.5. The third-order valence-corrected chi connectivity index (χ3v) is 3.24. The van der Waals surface area contributed by atoms with Gasteiger partial charge in [0, 0.05) is 42.3 Å². The summed E-state index contributed by atoms with van der Waals surface area (Å²) >= 11 is 11.9. The standard InChI is InChI=1S/C13H17Cl2NO3/c1-19-7-3-6-12(18)16-8-11(17)13-9(14)4-2-5-10(13)15/h2,4-5,11,17H,3,6-8H2,1H3,(H,16,18). The van der Waals surface area contributed by atoms with Crippen LogP contribution in [0.2, 0.25) is 10.0 Å². The third kappa shape index (κ3) is 5.37. The first kappa shape index (κ1) is 16.2. The van der Waals surface area contributed by atoms with Crippen molar-refractivity contribution < 1.29 is 14.6 Å². The SMILES string of the molecule is COCCCC(=O)NCC(O)c1c(Cl)cccc1Cl. The van der Waals surface area contributed by atoms with Crippen molar-refractivity contribution in [2.45, 2.75) is 18.9 Å². The lowest BCUT2D eigenvalue weighted by Crippen LogP contribution is -2.28. The Morgan fingerprint density at radius 2 is 2.05 bits per heavy atom. The van der Waals surface area contributed by atoms with Crippen molar-refractivity contribution in [1.82, 2.24) is 5.32 Å². The zero-order valence-corrected chi connectivity index (χ0v) is 12.2. The lowest BCUT2D eigenvalue weighted by atomic mass is 10.1. The van der Waals surface area contributed by atoms with E-state index in [1.54, 1.807) is 25.3 Å². The van der Waals surface area contributed by atoms with E-state index in [1.807, 2.05) is 0 Å². The van der Waals surface area contributed by atoms with Crippen molar-refractivity contribution in [3.63, 3.8) is 0 Å². The molecule has 0 saturated heterocycles. The molecule has 0 aliphatic carbocycles. The molecule has 0 saturated carbocycles. The highest BCUT2D eigenvalue weighted by Gasteiger charge is 2.16. The van der Waals surface area contributed by atoms with Crippen LogP contribution in [-0.2, 0) is 9.53 Å². The zero-order valence-electron chi connectivity index (χ0n) is 10.7. The van der Waals surface area contributed by atoms with Gasteiger partial charge >= 0.3 is 0 Å². The van der Waals surface area contributed by atoms with E-state index in [2.05, 4.69) is 5.32 Å². The summed E-state index contributed by atoms with van der Waals surface area (Å²) in [6.07, 6.45) is 0.0785. The van der Waals surface area contributed by atoms with Gasteiger partial charge in [-0.2, -0.15) is 0 Å². The van der Waals surface area contributed by atoms with Gasteiger partial charge in [-0.05, 0) is 18.6 Å². The molecular formula is C13H17Cl2NO3. The Labute approximate surface area is 122 Å². The minimum Gasteiger partial charge on any atom is -0.386 e. The van der Waals surface area contributed by atoms with Crippen molar-refractivity contribution in [1.29, 1.82) is 0 Å². The van der Waals surface area contributed by atoms with Gasteiger partial charge in [0.05, 0.1) is 6.10 Å². The van der Waals surface area contributed by atoms with Gasteiger partial charge in [0.1, 0.15) is 0 Å². The molecule has 1 unspecified atom stereocenters. The number of amides is 1. The summed E-state index contributed by atoms with van der Waals surface area (Å²) in [6.45, 7) is 0.613. The second kappa shape index (κ2) is 8.38. The topological polar surface area (TPSA) is 58.6 Å². The largest absolute Gasteiger partial charge is 0.386 e. The van der Waals surface area contributed by atoms with Gasteiger partial charge in [-0.15, -0.1) is 0 Å². The maximum Gasteiger partial charge on any atom is 0.220 e. The number of hydrogen-bond donors (Lipinski definition) is 2. The molecule has 0 aliphatic rings. The van der Waals surface area contributed by atoms with E-state index in [-0.39, 0.29) is 12.5 Å². The number of carbonyl (C=O) groups is 1. The average Bonchev–Trinajstić information content (AvgIpc) is 2.36. The summed E-state index contributed by atoms with van der Waals surface area (Å²) in [6, 6.07) is 4.99. The molecule has 4 nitrogen and oxygen atoms in total. The summed E-state index contributed by atoms with van der Waals surface area (Å²) in [5.41, 5.74) is 0.433. The number of aliphatic hydroxyl groups excluding tert-OH is 1. The molecule has 0 heterocycles. The molecule has 0 fully saturated rings. The van der Waals surface area contributed by atoms with E-state index in [0.29, 0.717) is 35.1 Å². The van der Waals surface area contributed by atoms with Crippen molar-refractivity contribution in [3.05, 3.63) is 33.8 Å². The van der Waals surface area contributed by atoms with Crippen LogP contribution in [0.3, 0.4) is 0 Å². The van der Waals surface area contributed by atoms with E-state index in [4.69, 9.17) is 27.9 Å². The second-order valence-electron chi connectivity index (χ2n) is 4.05. The van der Waals surface area contributed by atoms with Crippen LogP contribution in [0.1, 0.15) is 24.5 Å². The van der Waals surface area contributed by atoms with Crippen LogP contribution in [0.5, 0.6) is 0 Å². The quantitative estimate of drug-likeness (QED) is 0.761. The van der Waals surface area contributed by atoms with Crippen LogP contribution in [0.25, 0.3) is 0 Å². The number of methoxy groups -OCH3 is 1. The zero-order chi connectivity index (χ0) is 14.3. The molecule has 1 amide bonds. The first-order valence-electron chi connectivity index (χ1n) is 5.94. The van der Waals surface area contributed by atoms with Crippen molar-refractivity contribution in [2.24, 2.45) is 0 Å². The number of ether oxygens (including phenoxy) is 1. The molecule has 0 radical (unpaired) electrons. The molecule has 0 spiro atoms. The second-order valence-corrected chi connectivity index (χ2v) is 4.87. The minimum atomic E-state index is -0.924. The molecule has 0 aromatic heterocycles. The third-order valence-electron chi connectivity index (χ3n) is 2.58. The number of carbonyl (C=O) groups excluding carboxylic acids is 1. The van der Waals surface area contributed by atoms with Crippen molar-refractivity contribution >= 4 is 29.1 Å². The molecular weight excluding hydrogens is 289 g/mol. The molecule has 0 aliphatic heterocycles. The highest BCUT2D eigenvalue weighted by molar-refractivity contribution is 6.36.